The van der Waals surface area contributed by atoms with Crippen LogP contribution >= 0.6 is 15.9 Å². The molecule has 0 saturated carbocycles. The van der Waals surface area contributed by atoms with Gasteiger partial charge < -0.3 is 10.6 Å². The molecule has 0 saturated heterocycles. The number of carbonyl (C=O) groups excluding carboxylic acids is 2. The zero-order valence-electron chi connectivity index (χ0n) is 12.2. The second-order valence-corrected chi connectivity index (χ2v) is 5.75. The van der Waals surface area contributed by atoms with Gasteiger partial charge in [0.1, 0.15) is 6.42 Å². The highest BCUT2D eigenvalue weighted by molar-refractivity contribution is 9.10. The van der Waals surface area contributed by atoms with E-state index in [1.54, 1.807) is 12.1 Å². The minimum atomic E-state index is -0.343. The molecule has 2 N–H and O–H groups in total. The van der Waals surface area contributed by atoms with Crippen molar-refractivity contribution < 1.29 is 9.59 Å². The molecule has 2 aromatic carbocycles. The molecule has 0 aliphatic rings. The Bertz CT molecular complexity index is 651. The summed E-state index contributed by atoms with van der Waals surface area (Å²) in [4.78, 5) is 23.7. The molecule has 2 amide bonds. The number of benzene rings is 2. The van der Waals surface area contributed by atoms with Gasteiger partial charge in [-0.1, -0.05) is 35.0 Å². The summed E-state index contributed by atoms with van der Waals surface area (Å²) >= 11 is 3.32. The Morgan fingerprint density at radius 1 is 0.864 bits per heavy atom. The molecule has 114 valence electrons. The van der Waals surface area contributed by atoms with Gasteiger partial charge in [-0.3, -0.25) is 9.59 Å². The third-order valence-corrected chi connectivity index (χ3v) is 3.62. The van der Waals surface area contributed by atoms with Crippen molar-refractivity contribution in [3.63, 3.8) is 0 Å². The molecule has 0 radical (unpaired) electrons. The zero-order valence-corrected chi connectivity index (χ0v) is 13.8. The van der Waals surface area contributed by atoms with Crippen LogP contribution in [0.1, 0.15) is 18.9 Å². The molecule has 0 atom stereocenters. The third kappa shape index (κ3) is 5.00. The number of hydrogen-bond donors (Lipinski definition) is 2. The first-order valence-corrected chi connectivity index (χ1v) is 7.80. The number of nitrogens with one attached hydrogen (secondary N) is 2. The number of carbonyl (C=O) groups is 2. The molecule has 2 rings (SSSR count). The lowest BCUT2D eigenvalue weighted by Gasteiger charge is -2.07. The number of hydrogen-bond acceptors (Lipinski definition) is 2. The maximum atomic E-state index is 11.8. The van der Waals surface area contributed by atoms with Crippen LogP contribution in [0.5, 0.6) is 0 Å². The van der Waals surface area contributed by atoms with Crippen LogP contribution in [0.3, 0.4) is 0 Å². The van der Waals surface area contributed by atoms with Crippen LogP contribution in [-0.2, 0) is 16.0 Å². The highest BCUT2D eigenvalue weighted by Gasteiger charge is 2.10. The van der Waals surface area contributed by atoms with E-state index < -0.39 is 0 Å². The fourth-order valence-electron chi connectivity index (χ4n) is 1.91. The molecule has 0 spiro atoms. The summed E-state index contributed by atoms with van der Waals surface area (Å²) in [5.41, 5.74) is 2.55. The van der Waals surface area contributed by atoms with Crippen molar-refractivity contribution in [3.8, 4) is 0 Å². The Morgan fingerprint density at radius 2 is 1.32 bits per heavy atom. The Kier molecular flexibility index (Phi) is 5.72. The first kappa shape index (κ1) is 16.2. The molecule has 0 aliphatic carbocycles. The Labute approximate surface area is 138 Å². The van der Waals surface area contributed by atoms with Crippen LogP contribution in [0.25, 0.3) is 0 Å². The first-order chi connectivity index (χ1) is 10.6. The predicted molar refractivity (Wildman–Crippen MR) is 91.8 cm³/mol. The van der Waals surface area contributed by atoms with Gasteiger partial charge in [-0.15, -0.1) is 0 Å². The molecule has 22 heavy (non-hydrogen) atoms. The zero-order chi connectivity index (χ0) is 15.9. The molecule has 0 aliphatic heterocycles. The second kappa shape index (κ2) is 7.75. The van der Waals surface area contributed by atoms with Crippen molar-refractivity contribution in [1.82, 2.24) is 0 Å². The monoisotopic (exact) mass is 360 g/mol. The minimum Gasteiger partial charge on any atom is -0.326 e. The Morgan fingerprint density at radius 3 is 1.77 bits per heavy atom. The summed E-state index contributed by atoms with van der Waals surface area (Å²) in [5.74, 6) is -0.677. The van der Waals surface area contributed by atoms with Crippen LogP contribution in [0, 0.1) is 0 Å². The molecule has 0 bridgehead atoms. The lowest BCUT2D eigenvalue weighted by atomic mass is 10.1. The highest BCUT2D eigenvalue weighted by atomic mass is 79.9. The minimum absolute atomic E-state index is 0.217. The molecular weight excluding hydrogens is 344 g/mol. The fourth-order valence-corrected chi connectivity index (χ4v) is 2.18. The second-order valence-electron chi connectivity index (χ2n) is 4.83. The van der Waals surface area contributed by atoms with Gasteiger partial charge in [0.2, 0.25) is 11.8 Å². The molecule has 0 fully saturated rings. The SMILES string of the molecule is CCc1ccc(NC(=O)CC(=O)Nc2ccc(Br)cc2)cc1. The van der Waals surface area contributed by atoms with E-state index in [2.05, 4.69) is 33.5 Å². The Balaban J connectivity index is 1.85. The molecule has 5 heteroatoms. The smallest absolute Gasteiger partial charge is 0.233 e. The summed E-state index contributed by atoms with van der Waals surface area (Å²) in [6.07, 6.45) is 0.732. The van der Waals surface area contributed by atoms with Crippen LogP contribution in [0.15, 0.2) is 53.0 Å². The van der Waals surface area contributed by atoms with Gasteiger partial charge in [-0.25, -0.2) is 0 Å². The van der Waals surface area contributed by atoms with E-state index in [-0.39, 0.29) is 18.2 Å². The number of aryl methyl sites for hydroxylation is 1. The summed E-state index contributed by atoms with van der Waals surface area (Å²) in [6, 6.07) is 14.8. The van der Waals surface area contributed by atoms with Crippen molar-refractivity contribution in [1.29, 1.82) is 0 Å². The molecule has 0 aromatic heterocycles. The summed E-state index contributed by atoms with van der Waals surface area (Å²) in [7, 11) is 0. The number of rotatable bonds is 5. The fraction of sp³-hybridized carbons (Fsp3) is 0.176. The average Bonchev–Trinajstić information content (AvgIpc) is 2.50. The molecular formula is C17H17BrN2O2. The van der Waals surface area contributed by atoms with Gasteiger partial charge >= 0.3 is 0 Å². The molecule has 2 aromatic rings. The lowest BCUT2D eigenvalue weighted by molar-refractivity contribution is -0.123. The van der Waals surface area contributed by atoms with E-state index in [1.165, 1.54) is 5.56 Å². The van der Waals surface area contributed by atoms with E-state index in [0.29, 0.717) is 11.4 Å². The van der Waals surface area contributed by atoms with Crippen molar-refractivity contribution >= 4 is 39.1 Å². The predicted octanol–water partition coefficient (Wildman–Crippen LogP) is 3.98. The van der Waals surface area contributed by atoms with Crippen molar-refractivity contribution in [3.05, 3.63) is 58.6 Å². The quantitative estimate of drug-likeness (QED) is 0.792. The van der Waals surface area contributed by atoms with E-state index in [0.717, 1.165) is 10.9 Å². The highest BCUT2D eigenvalue weighted by Crippen LogP contribution is 2.14. The van der Waals surface area contributed by atoms with E-state index in [4.69, 9.17) is 0 Å². The largest absolute Gasteiger partial charge is 0.326 e. The van der Waals surface area contributed by atoms with Gasteiger partial charge in [0.25, 0.3) is 0 Å². The van der Waals surface area contributed by atoms with Crippen molar-refractivity contribution in [2.75, 3.05) is 10.6 Å². The number of amides is 2. The summed E-state index contributed by atoms with van der Waals surface area (Å²) < 4.78 is 0.929. The standard InChI is InChI=1S/C17H17BrN2O2/c1-2-12-3-7-14(8-4-12)19-16(21)11-17(22)20-15-9-5-13(18)6-10-15/h3-10H,2,11H2,1H3,(H,19,21)(H,20,22). The van der Waals surface area contributed by atoms with Gasteiger partial charge in [-0.05, 0) is 48.4 Å². The molecule has 0 heterocycles. The van der Waals surface area contributed by atoms with Gasteiger partial charge in [0, 0.05) is 15.8 Å². The Hall–Kier alpha value is -2.14. The summed E-state index contributed by atoms with van der Waals surface area (Å²) in [6.45, 7) is 2.07. The van der Waals surface area contributed by atoms with E-state index >= 15 is 0 Å². The van der Waals surface area contributed by atoms with Crippen LogP contribution in [-0.4, -0.2) is 11.8 Å². The average molecular weight is 361 g/mol. The first-order valence-electron chi connectivity index (χ1n) is 7.01. The van der Waals surface area contributed by atoms with E-state index in [9.17, 15) is 9.59 Å². The van der Waals surface area contributed by atoms with Gasteiger partial charge in [0.15, 0.2) is 0 Å². The van der Waals surface area contributed by atoms with Crippen molar-refractivity contribution in [2.45, 2.75) is 19.8 Å². The number of halogens is 1. The maximum Gasteiger partial charge on any atom is 0.233 e. The number of anilines is 2. The van der Waals surface area contributed by atoms with Crippen LogP contribution in [0.2, 0.25) is 0 Å². The topological polar surface area (TPSA) is 58.2 Å². The normalized spacial score (nSPS) is 10.1. The molecule has 4 nitrogen and oxygen atoms in total. The van der Waals surface area contributed by atoms with Gasteiger partial charge in [0.05, 0.1) is 0 Å². The lowest BCUT2D eigenvalue weighted by Crippen LogP contribution is -2.21. The molecule has 0 unspecified atom stereocenters. The maximum absolute atomic E-state index is 11.8. The van der Waals surface area contributed by atoms with Crippen LogP contribution < -0.4 is 10.6 Å². The van der Waals surface area contributed by atoms with Crippen molar-refractivity contribution in [2.24, 2.45) is 0 Å². The van der Waals surface area contributed by atoms with E-state index in [1.807, 2.05) is 36.4 Å². The van der Waals surface area contributed by atoms with Gasteiger partial charge in [-0.2, -0.15) is 0 Å². The third-order valence-electron chi connectivity index (χ3n) is 3.10. The van der Waals surface area contributed by atoms with Crippen LogP contribution in [0.4, 0.5) is 11.4 Å². The summed E-state index contributed by atoms with van der Waals surface area (Å²) in [5, 5.41) is 5.40.